The first-order valence-electron chi connectivity index (χ1n) is 10.3. The maximum absolute atomic E-state index is 14.0. The van der Waals surface area contributed by atoms with E-state index in [1.165, 1.54) is 13.0 Å². The Bertz CT molecular complexity index is 1130. The van der Waals surface area contributed by atoms with Crippen LogP contribution in [0, 0.1) is 0 Å². The SMILES string of the molecule is CCOc1ccccc1C(=O)NC(Nc1ccc(C(O)(C(=O)OC)C(F)(F)F)cc1)(C(F)(F)F)C(F)(F)F. The van der Waals surface area contributed by atoms with Gasteiger partial charge in [-0.3, -0.25) is 4.79 Å². The zero-order valence-electron chi connectivity index (χ0n) is 19.3. The number of ether oxygens (including phenoxy) is 2. The van der Waals surface area contributed by atoms with Gasteiger partial charge in [0, 0.05) is 11.3 Å². The Morgan fingerprint density at radius 1 is 0.842 bits per heavy atom. The number of anilines is 1. The van der Waals surface area contributed by atoms with E-state index in [0.717, 1.165) is 28.8 Å². The van der Waals surface area contributed by atoms with Crippen molar-refractivity contribution in [2.45, 2.75) is 36.7 Å². The van der Waals surface area contributed by atoms with Gasteiger partial charge < -0.3 is 25.2 Å². The van der Waals surface area contributed by atoms with Crippen LogP contribution in [0.4, 0.5) is 45.2 Å². The van der Waals surface area contributed by atoms with E-state index in [0.29, 0.717) is 19.2 Å². The molecule has 16 heteroatoms. The molecular weight excluding hydrogens is 543 g/mol. The van der Waals surface area contributed by atoms with Crippen LogP contribution in [-0.4, -0.2) is 54.9 Å². The molecule has 2 aromatic carbocycles. The fourth-order valence-corrected chi connectivity index (χ4v) is 3.20. The molecule has 0 fully saturated rings. The number of aliphatic hydroxyl groups is 1. The Labute approximate surface area is 208 Å². The Morgan fingerprint density at radius 2 is 1.37 bits per heavy atom. The van der Waals surface area contributed by atoms with Crippen molar-refractivity contribution in [3.05, 3.63) is 59.7 Å². The predicted molar refractivity (Wildman–Crippen MR) is 112 cm³/mol. The quantitative estimate of drug-likeness (QED) is 0.246. The highest BCUT2D eigenvalue weighted by atomic mass is 19.4. The minimum absolute atomic E-state index is 0.0750. The molecule has 0 aromatic heterocycles. The average molecular weight is 562 g/mol. The molecule has 7 nitrogen and oxygen atoms in total. The number of methoxy groups -OCH3 is 1. The number of halogens is 9. The Hall–Kier alpha value is -3.69. The van der Waals surface area contributed by atoms with Crippen LogP contribution in [0.2, 0.25) is 0 Å². The normalized spacial score (nSPS) is 14.3. The van der Waals surface area contributed by atoms with Crippen LogP contribution in [0.25, 0.3) is 0 Å². The second-order valence-corrected chi connectivity index (χ2v) is 7.53. The molecule has 0 saturated heterocycles. The van der Waals surface area contributed by atoms with E-state index in [4.69, 9.17) is 4.74 Å². The van der Waals surface area contributed by atoms with Gasteiger partial charge in [0.2, 0.25) is 0 Å². The van der Waals surface area contributed by atoms with E-state index in [-0.39, 0.29) is 24.5 Å². The van der Waals surface area contributed by atoms with E-state index >= 15 is 0 Å². The molecule has 2 aromatic rings. The molecule has 0 aliphatic carbocycles. The number of para-hydroxylation sites is 1. The molecular formula is C22H19F9N2O5. The van der Waals surface area contributed by atoms with Crippen molar-refractivity contribution in [1.29, 1.82) is 0 Å². The summed E-state index contributed by atoms with van der Waals surface area (Å²) in [5, 5.41) is 11.9. The number of hydrogen-bond donors (Lipinski definition) is 3. The lowest BCUT2D eigenvalue weighted by Gasteiger charge is -2.39. The van der Waals surface area contributed by atoms with Gasteiger partial charge in [0.25, 0.3) is 11.5 Å². The molecule has 2 rings (SSSR count). The van der Waals surface area contributed by atoms with Crippen LogP contribution in [0.5, 0.6) is 5.75 Å². The fraction of sp³-hybridized carbons (Fsp3) is 0.364. The highest BCUT2D eigenvalue weighted by Gasteiger charge is 2.73. The van der Waals surface area contributed by atoms with Gasteiger partial charge >= 0.3 is 30.2 Å². The first-order chi connectivity index (χ1) is 17.4. The third kappa shape index (κ3) is 5.58. The molecule has 0 spiro atoms. The number of esters is 1. The summed E-state index contributed by atoms with van der Waals surface area (Å²) in [7, 11) is 0.516. The van der Waals surface area contributed by atoms with Crippen LogP contribution >= 0.6 is 0 Å². The maximum atomic E-state index is 14.0. The molecule has 0 heterocycles. The van der Waals surface area contributed by atoms with E-state index in [9.17, 15) is 54.2 Å². The number of amides is 1. The summed E-state index contributed by atoms with van der Waals surface area (Å²) in [5.74, 6) is -4.36. The van der Waals surface area contributed by atoms with Gasteiger partial charge in [-0.2, -0.15) is 39.5 Å². The molecule has 1 atom stereocenters. The predicted octanol–water partition coefficient (Wildman–Crippen LogP) is 4.67. The zero-order valence-corrected chi connectivity index (χ0v) is 19.3. The lowest BCUT2D eigenvalue weighted by molar-refractivity contribution is -0.294. The summed E-state index contributed by atoms with van der Waals surface area (Å²) in [6.45, 7) is 1.38. The summed E-state index contributed by atoms with van der Waals surface area (Å²) < 4.78 is 133. The van der Waals surface area contributed by atoms with E-state index in [1.807, 2.05) is 0 Å². The number of benzene rings is 2. The second-order valence-electron chi connectivity index (χ2n) is 7.53. The van der Waals surface area contributed by atoms with Crippen LogP contribution in [0.15, 0.2) is 48.5 Å². The number of hydrogen-bond acceptors (Lipinski definition) is 6. The molecule has 1 unspecified atom stereocenters. The van der Waals surface area contributed by atoms with Crippen molar-refractivity contribution in [2.24, 2.45) is 0 Å². The van der Waals surface area contributed by atoms with Crippen molar-refractivity contribution in [3.63, 3.8) is 0 Å². The summed E-state index contributed by atoms with van der Waals surface area (Å²) in [6.07, 6.45) is -18.2. The van der Waals surface area contributed by atoms with Gasteiger partial charge in [0.05, 0.1) is 19.3 Å². The lowest BCUT2D eigenvalue weighted by atomic mass is 9.92. The fourth-order valence-electron chi connectivity index (χ4n) is 3.20. The smallest absolute Gasteiger partial charge is 0.439 e. The Kier molecular flexibility index (Phi) is 8.51. The lowest BCUT2D eigenvalue weighted by Crippen LogP contribution is -2.72. The van der Waals surface area contributed by atoms with Gasteiger partial charge in [-0.1, -0.05) is 24.3 Å². The van der Waals surface area contributed by atoms with Crippen LogP contribution in [0.3, 0.4) is 0 Å². The van der Waals surface area contributed by atoms with Crippen molar-refractivity contribution in [1.82, 2.24) is 5.32 Å². The molecule has 0 aliphatic rings. The summed E-state index contributed by atoms with van der Waals surface area (Å²) in [5.41, 5.74) is -12.4. The standard InChI is InChI=1S/C22H19F9N2O5/c1-3-38-15-7-5-4-6-14(15)16(34)33-19(21(26,27)28,22(29,30)31)32-13-10-8-12(9-11-13)18(36,17(35)37-2)20(23,24)25/h4-11,32,36H,3H2,1-2H3,(H,33,34). The molecule has 1 amide bonds. The number of carbonyl (C=O) groups excluding carboxylic acids is 2. The number of carbonyl (C=O) groups is 2. The third-order valence-electron chi connectivity index (χ3n) is 5.11. The van der Waals surface area contributed by atoms with Crippen molar-refractivity contribution in [3.8, 4) is 5.75 Å². The van der Waals surface area contributed by atoms with Gasteiger partial charge in [0.15, 0.2) is 0 Å². The molecule has 0 bridgehead atoms. The van der Waals surface area contributed by atoms with Crippen molar-refractivity contribution < 1.29 is 63.7 Å². The highest BCUT2D eigenvalue weighted by molar-refractivity contribution is 5.97. The average Bonchev–Trinajstić information content (AvgIpc) is 2.81. The second kappa shape index (κ2) is 10.6. The topological polar surface area (TPSA) is 96.9 Å². The van der Waals surface area contributed by atoms with Crippen LogP contribution < -0.4 is 15.4 Å². The van der Waals surface area contributed by atoms with Crippen LogP contribution in [-0.2, 0) is 15.1 Å². The highest BCUT2D eigenvalue weighted by Crippen LogP contribution is 2.45. The molecule has 210 valence electrons. The molecule has 3 N–H and O–H groups in total. The maximum Gasteiger partial charge on any atom is 0.439 e. The number of nitrogens with one attached hydrogen (secondary N) is 2. The van der Waals surface area contributed by atoms with Gasteiger partial charge in [-0.25, -0.2) is 4.79 Å². The van der Waals surface area contributed by atoms with Crippen molar-refractivity contribution in [2.75, 3.05) is 19.0 Å². The first kappa shape index (κ1) is 30.5. The summed E-state index contributed by atoms with van der Waals surface area (Å²) in [6, 6.07) is 5.66. The Morgan fingerprint density at radius 3 is 1.82 bits per heavy atom. The van der Waals surface area contributed by atoms with E-state index in [2.05, 4.69) is 4.74 Å². The first-order valence-corrected chi connectivity index (χ1v) is 10.3. The summed E-state index contributed by atoms with van der Waals surface area (Å²) in [4.78, 5) is 24.2. The molecule has 38 heavy (non-hydrogen) atoms. The van der Waals surface area contributed by atoms with E-state index < -0.39 is 58.5 Å². The number of alkyl halides is 9. The zero-order chi connectivity index (χ0) is 29.2. The molecule has 0 aliphatic heterocycles. The van der Waals surface area contributed by atoms with Crippen LogP contribution in [0.1, 0.15) is 22.8 Å². The minimum Gasteiger partial charge on any atom is -0.493 e. The van der Waals surface area contributed by atoms with Crippen molar-refractivity contribution >= 4 is 17.6 Å². The molecule has 0 radical (unpaired) electrons. The minimum atomic E-state index is -6.25. The van der Waals surface area contributed by atoms with Gasteiger partial charge in [0.1, 0.15) is 5.75 Å². The molecule has 0 saturated carbocycles. The largest absolute Gasteiger partial charge is 0.493 e. The monoisotopic (exact) mass is 562 g/mol. The van der Waals surface area contributed by atoms with E-state index in [1.54, 1.807) is 0 Å². The Balaban J connectivity index is 2.58. The van der Waals surface area contributed by atoms with Gasteiger partial charge in [-0.15, -0.1) is 0 Å². The number of rotatable bonds is 8. The third-order valence-corrected chi connectivity index (χ3v) is 5.11. The van der Waals surface area contributed by atoms with Gasteiger partial charge in [-0.05, 0) is 31.2 Å². The summed E-state index contributed by atoms with van der Waals surface area (Å²) >= 11 is 0.